The average molecular weight is 295 g/mol. The standard InChI is InChI=1S/H6O9Si2.Y/c1-10(2,3)8-7-9-11(4,5)6;/h1-6H;. The predicted octanol–water partition coefficient (Wildman–Crippen LogP) is -4.31. The van der Waals surface area contributed by atoms with Gasteiger partial charge in [0, 0.05) is 32.7 Å². The van der Waals surface area contributed by atoms with Crippen LogP contribution in [0.3, 0.4) is 0 Å². The monoisotopic (exact) mass is 295 g/mol. The first-order valence-corrected chi connectivity index (χ1v) is 5.58. The van der Waals surface area contributed by atoms with Crippen molar-refractivity contribution in [3.8, 4) is 0 Å². The van der Waals surface area contributed by atoms with Crippen molar-refractivity contribution in [1.29, 1.82) is 0 Å². The van der Waals surface area contributed by atoms with Crippen molar-refractivity contribution in [3.05, 3.63) is 0 Å². The van der Waals surface area contributed by atoms with Gasteiger partial charge in [-0.3, -0.25) is 0 Å². The summed E-state index contributed by atoms with van der Waals surface area (Å²) in [6, 6.07) is 0. The molecule has 9 nitrogen and oxygen atoms in total. The van der Waals surface area contributed by atoms with E-state index in [4.69, 9.17) is 28.8 Å². The first-order chi connectivity index (χ1) is 4.71. The molecule has 0 aromatic rings. The molecule has 0 aromatic carbocycles. The number of rotatable bonds is 4. The Bertz CT molecular complexity index is 96.7. The largest absolute Gasteiger partial charge is 0.701 e. The summed E-state index contributed by atoms with van der Waals surface area (Å²) in [6.45, 7) is 0. The summed E-state index contributed by atoms with van der Waals surface area (Å²) in [4.78, 5) is 48.0. The third-order valence-electron chi connectivity index (χ3n) is 0.292. The minimum Gasteiger partial charge on any atom is -0.366 e. The van der Waals surface area contributed by atoms with Crippen molar-refractivity contribution in [1.82, 2.24) is 0 Å². The maximum absolute atomic E-state index is 8.01. The molecular weight excluding hydrogens is 289 g/mol. The van der Waals surface area contributed by atoms with E-state index >= 15 is 0 Å². The van der Waals surface area contributed by atoms with Gasteiger partial charge < -0.3 is 28.8 Å². The first-order valence-electron chi connectivity index (χ1n) is 2.08. The molecule has 0 fully saturated rings. The molecule has 0 aliphatic carbocycles. The SMILES string of the molecule is O[Si](O)(O)OOO[Si](O)(O)O.[Y]. The van der Waals surface area contributed by atoms with Gasteiger partial charge in [0.15, 0.2) is 0 Å². The Morgan fingerprint density at radius 1 is 0.667 bits per heavy atom. The van der Waals surface area contributed by atoms with E-state index < -0.39 is 18.1 Å². The summed E-state index contributed by atoms with van der Waals surface area (Å²) in [5, 5.41) is 3.19. The van der Waals surface area contributed by atoms with Gasteiger partial charge in [-0.05, 0) is 0 Å². The average Bonchev–Trinajstić information content (AvgIpc) is 1.55. The third-order valence-corrected chi connectivity index (χ3v) is 0.875. The molecule has 0 aliphatic heterocycles. The van der Waals surface area contributed by atoms with Gasteiger partial charge in [-0.1, -0.05) is 5.04 Å². The van der Waals surface area contributed by atoms with Crippen molar-refractivity contribution in [2.24, 2.45) is 0 Å². The Labute approximate surface area is 93.5 Å². The summed E-state index contributed by atoms with van der Waals surface area (Å²) in [5.41, 5.74) is 0. The van der Waals surface area contributed by atoms with Crippen LogP contribution in [0.5, 0.6) is 0 Å². The van der Waals surface area contributed by atoms with Crippen LogP contribution in [0.2, 0.25) is 0 Å². The zero-order valence-corrected chi connectivity index (χ0v) is 10.3. The molecule has 0 unspecified atom stereocenters. The van der Waals surface area contributed by atoms with E-state index in [1.54, 1.807) is 0 Å². The van der Waals surface area contributed by atoms with Gasteiger partial charge >= 0.3 is 18.1 Å². The molecule has 12 heavy (non-hydrogen) atoms. The smallest absolute Gasteiger partial charge is 0.366 e. The fourth-order valence-electron chi connectivity index (χ4n) is 0.108. The van der Waals surface area contributed by atoms with Gasteiger partial charge in [-0.2, -0.15) is 9.15 Å². The Balaban J connectivity index is 0. The fraction of sp³-hybridized carbons (Fsp3) is 0. The van der Waals surface area contributed by atoms with Crippen LogP contribution in [-0.4, -0.2) is 46.9 Å². The quantitative estimate of drug-likeness (QED) is 0.172. The van der Waals surface area contributed by atoms with Gasteiger partial charge in [0.05, 0.1) is 0 Å². The fourth-order valence-corrected chi connectivity index (χ4v) is 0.427. The minimum absolute atomic E-state index is 0. The van der Waals surface area contributed by atoms with Crippen LogP contribution in [0.4, 0.5) is 0 Å². The maximum Gasteiger partial charge on any atom is 0.701 e. The van der Waals surface area contributed by atoms with E-state index in [1.165, 1.54) is 0 Å². The third kappa shape index (κ3) is 13.7. The Morgan fingerprint density at radius 2 is 0.917 bits per heavy atom. The molecule has 0 bridgehead atoms. The molecule has 0 saturated carbocycles. The molecule has 0 spiro atoms. The summed E-state index contributed by atoms with van der Waals surface area (Å²) in [6.07, 6.45) is 0. The van der Waals surface area contributed by atoms with E-state index in [1.807, 2.05) is 0 Å². The molecule has 0 atom stereocenters. The van der Waals surface area contributed by atoms with Gasteiger partial charge in [-0.25, -0.2) is 0 Å². The Morgan fingerprint density at radius 3 is 1.08 bits per heavy atom. The summed E-state index contributed by atoms with van der Waals surface area (Å²) in [5.74, 6) is 0. The van der Waals surface area contributed by atoms with Gasteiger partial charge in [0.2, 0.25) is 0 Å². The molecule has 0 aromatic heterocycles. The maximum atomic E-state index is 8.01. The second-order valence-electron chi connectivity index (χ2n) is 1.38. The minimum atomic E-state index is -4.92. The van der Waals surface area contributed by atoms with Gasteiger partial charge in [0.1, 0.15) is 0 Å². The van der Waals surface area contributed by atoms with E-state index in [0.717, 1.165) is 0 Å². The van der Waals surface area contributed by atoms with E-state index in [-0.39, 0.29) is 32.7 Å². The molecule has 71 valence electrons. The molecule has 12 heteroatoms. The second-order valence-corrected chi connectivity index (χ2v) is 4.01. The summed E-state index contributed by atoms with van der Waals surface area (Å²) >= 11 is 0. The van der Waals surface area contributed by atoms with Crippen LogP contribution < -0.4 is 0 Å². The van der Waals surface area contributed by atoms with Crippen molar-refractivity contribution < 1.29 is 75.7 Å². The zero-order chi connectivity index (χ0) is 9.12. The van der Waals surface area contributed by atoms with Crippen LogP contribution in [0.15, 0.2) is 0 Å². The molecule has 0 amide bonds. The van der Waals surface area contributed by atoms with Crippen LogP contribution >= 0.6 is 0 Å². The van der Waals surface area contributed by atoms with Crippen molar-refractivity contribution >= 4 is 18.1 Å². The molecule has 0 aliphatic rings. The van der Waals surface area contributed by atoms with E-state index in [0.29, 0.717) is 0 Å². The van der Waals surface area contributed by atoms with E-state index in [9.17, 15) is 0 Å². The topological polar surface area (TPSA) is 149 Å². The normalized spacial score (nSPS) is 12.5. The van der Waals surface area contributed by atoms with Crippen molar-refractivity contribution in [2.45, 2.75) is 0 Å². The van der Waals surface area contributed by atoms with Gasteiger partial charge in [-0.15, -0.1) is 0 Å². The summed E-state index contributed by atoms with van der Waals surface area (Å²) in [7, 11) is -9.83. The molecule has 1 radical (unpaired) electrons. The van der Waals surface area contributed by atoms with Crippen LogP contribution in [-0.2, 0) is 46.9 Å². The van der Waals surface area contributed by atoms with Crippen LogP contribution in [0, 0.1) is 0 Å². The van der Waals surface area contributed by atoms with Crippen LogP contribution in [0.25, 0.3) is 0 Å². The Hall–Kier alpha value is 1.18. The molecule has 0 saturated heterocycles. The Kier molecular flexibility index (Phi) is 7.58. The molecule has 0 heterocycles. The second kappa shape index (κ2) is 5.81. The molecule has 0 rings (SSSR count). The number of hydrogen-bond donors (Lipinski definition) is 6. The predicted molar refractivity (Wildman–Crippen MR) is 28.1 cm³/mol. The first kappa shape index (κ1) is 15.6. The van der Waals surface area contributed by atoms with Crippen molar-refractivity contribution in [2.75, 3.05) is 0 Å². The van der Waals surface area contributed by atoms with Crippen molar-refractivity contribution in [3.63, 3.8) is 0 Å². The summed E-state index contributed by atoms with van der Waals surface area (Å²) < 4.78 is 6.49. The van der Waals surface area contributed by atoms with E-state index in [2.05, 4.69) is 14.2 Å². The molecular formula is H6O9Si2Y. The van der Waals surface area contributed by atoms with Crippen LogP contribution in [0.1, 0.15) is 0 Å². The van der Waals surface area contributed by atoms with Gasteiger partial charge in [0.25, 0.3) is 0 Å². The zero-order valence-electron chi connectivity index (χ0n) is 5.49. The number of hydrogen-bond acceptors (Lipinski definition) is 9. The molecule has 6 N–H and O–H groups in total.